The number of hydrogen-bond acceptors (Lipinski definition) is 1. The fraction of sp³-hybridized carbons (Fsp3) is 0.929. The van der Waals surface area contributed by atoms with E-state index in [1.807, 2.05) is 13.8 Å². The monoisotopic (exact) mass is 212 g/mol. The molecule has 0 spiro atoms. The van der Waals surface area contributed by atoms with E-state index in [9.17, 15) is 4.79 Å². The predicted octanol–water partition coefficient (Wildman–Crippen LogP) is 4.60. The zero-order valence-corrected chi connectivity index (χ0v) is 11.0. The van der Waals surface area contributed by atoms with Gasteiger partial charge in [0.15, 0.2) is 0 Å². The SMILES string of the molecule is CC.CC(=O)CCCC1CCCCC1C. The van der Waals surface area contributed by atoms with Crippen molar-refractivity contribution >= 4 is 5.78 Å². The van der Waals surface area contributed by atoms with Crippen molar-refractivity contribution in [2.45, 2.75) is 72.6 Å². The first-order valence-electron chi connectivity index (χ1n) is 6.69. The highest BCUT2D eigenvalue weighted by molar-refractivity contribution is 5.75. The van der Waals surface area contributed by atoms with E-state index < -0.39 is 0 Å². The number of hydrogen-bond donors (Lipinski definition) is 0. The van der Waals surface area contributed by atoms with E-state index in [0.717, 1.165) is 24.7 Å². The first-order chi connectivity index (χ1) is 7.20. The molecule has 0 aromatic carbocycles. The van der Waals surface area contributed by atoms with E-state index in [1.165, 1.54) is 32.1 Å². The Balaban J connectivity index is 0.000000921. The summed E-state index contributed by atoms with van der Waals surface area (Å²) in [7, 11) is 0. The van der Waals surface area contributed by atoms with E-state index in [4.69, 9.17) is 0 Å². The molecule has 15 heavy (non-hydrogen) atoms. The van der Waals surface area contributed by atoms with Crippen LogP contribution >= 0.6 is 0 Å². The first-order valence-corrected chi connectivity index (χ1v) is 6.69. The standard InChI is InChI=1S/C12H22O.C2H6/c1-10-6-3-4-8-12(10)9-5-7-11(2)13;1-2/h10,12H,3-9H2,1-2H3;1-2H3. The second kappa shape index (κ2) is 8.94. The molecule has 2 atom stereocenters. The van der Waals surface area contributed by atoms with Gasteiger partial charge in [-0.15, -0.1) is 0 Å². The maximum absolute atomic E-state index is 10.8. The lowest BCUT2D eigenvalue weighted by molar-refractivity contribution is -0.117. The van der Waals surface area contributed by atoms with Crippen molar-refractivity contribution in [3.63, 3.8) is 0 Å². The molecule has 0 bridgehead atoms. The second-order valence-electron chi connectivity index (χ2n) is 4.62. The Morgan fingerprint density at radius 3 is 2.33 bits per heavy atom. The largest absolute Gasteiger partial charge is 0.300 e. The average molecular weight is 212 g/mol. The number of carbonyl (C=O) groups is 1. The van der Waals surface area contributed by atoms with Gasteiger partial charge < -0.3 is 4.79 Å². The summed E-state index contributed by atoms with van der Waals surface area (Å²) in [5.74, 6) is 2.16. The highest BCUT2D eigenvalue weighted by Gasteiger charge is 2.20. The van der Waals surface area contributed by atoms with Crippen LogP contribution in [0.15, 0.2) is 0 Å². The van der Waals surface area contributed by atoms with Gasteiger partial charge in [-0.25, -0.2) is 0 Å². The molecule has 1 fully saturated rings. The van der Waals surface area contributed by atoms with Gasteiger partial charge >= 0.3 is 0 Å². The van der Waals surface area contributed by atoms with E-state index >= 15 is 0 Å². The first kappa shape index (κ1) is 14.7. The average Bonchev–Trinajstić information content (AvgIpc) is 2.23. The van der Waals surface area contributed by atoms with Gasteiger partial charge in [-0.3, -0.25) is 0 Å². The fourth-order valence-corrected chi connectivity index (χ4v) is 2.44. The van der Waals surface area contributed by atoms with Crippen LogP contribution in [0, 0.1) is 11.8 Å². The van der Waals surface area contributed by atoms with Crippen molar-refractivity contribution in [2.75, 3.05) is 0 Å². The number of carbonyl (C=O) groups excluding carboxylic acids is 1. The molecule has 0 radical (unpaired) electrons. The Labute approximate surface area is 95.6 Å². The van der Waals surface area contributed by atoms with Crippen molar-refractivity contribution in [1.29, 1.82) is 0 Å². The molecule has 0 heterocycles. The van der Waals surface area contributed by atoms with Gasteiger partial charge in [0.05, 0.1) is 0 Å². The van der Waals surface area contributed by atoms with Crippen LogP contribution in [0.1, 0.15) is 72.6 Å². The number of ketones is 1. The molecule has 1 aliphatic rings. The maximum Gasteiger partial charge on any atom is 0.129 e. The van der Waals surface area contributed by atoms with Gasteiger partial charge in [0.2, 0.25) is 0 Å². The van der Waals surface area contributed by atoms with E-state index in [-0.39, 0.29) is 0 Å². The summed E-state index contributed by atoms with van der Waals surface area (Å²) < 4.78 is 0. The molecule has 0 aromatic heterocycles. The van der Waals surface area contributed by atoms with Crippen LogP contribution in [0.3, 0.4) is 0 Å². The topological polar surface area (TPSA) is 17.1 Å². The van der Waals surface area contributed by atoms with Crippen LogP contribution in [0.25, 0.3) is 0 Å². The van der Waals surface area contributed by atoms with Gasteiger partial charge in [-0.05, 0) is 31.6 Å². The quantitative estimate of drug-likeness (QED) is 0.665. The van der Waals surface area contributed by atoms with E-state index in [2.05, 4.69) is 6.92 Å². The Bertz CT molecular complexity index is 163. The number of Topliss-reactive ketones (excluding diaryl/α,β-unsaturated/α-hetero) is 1. The Kier molecular flexibility index (Phi) is 8.74. The summed E-state index contributed by atoms with van der Waals surface area (Å²) in [6, 6.07) is 0. The second-order valence-corrected chi connectivity index (χ2v) is 4.62. The third kappa shape index (κ3) is 6.70. The molecule has 90 valence electrons. The highest BCUT2D eigenvalue weighted by Crippen LogP contribution is 2.32. The van der Waals surface area contributed by atoms with Crippen LogP contribution in [0.5, 0.6) is 0 Å². The minimum Gasteiger partial charge on any atom is -0.300 e. The molecule has 0 saturated heterocycles. The van der Waals surface area contributed by atoms with E-state index in [1.54, 1.807) is 6.92 Å². The highest BCUT2D eigenvalue weighted by atomic mass is 16.1. The third-order valence-corrected chi connectivity index (χ3v) is 3.39. The normalized spacial score (nSPS) is 25.3. The Hall–Kier alpha value is -0.330. The lowest BCUT2D eigenvalue weighted by Crippen LogP contribution is -2.16. The lowest BCUT2D eigenvalue weighted by atomic mass is 9.78. The summed E-state index contributed by atoms with van der Waals surface area (Å²) >= 11 is 0. The zero-order chi connectivity index (χ0) is 11.7. The van der Waals surface area contributed by atoms with Crippen LogP contribution in [-0.2, 0) is 4.79 Å². The minimum atomic E-state index is 0.350. The summed E-state index contributed by atoms with van der Waals surface area (Å²) in [5.41, 5.74) is 0. The summed E-state index contributed by atoms with van der Waals surface area (Å²) in [6.07, 6.45) is 8.83. The van der Waals surface area contributed by atoms with Crippen LogP contribution < -0.4 is 0 Å². The van der Waals surface area contributed by atoms with Crippen molar-refractivity contribution < 1.29 is 4.79 Å². The molecule has 0 amide bonds. The Morgan fingerprint density at radius 2 is 1.80 bits per heavy atom. The predicted molar refractivity (Wildman–Crippen MR) is 67.0 cm³/mol. The molecular weight excluding hydrogens is 184 g/mol. The maximum atomic E-state index is 10.8. The molecule has 0 aliphatic heterocycles. The fourth-order valence-electron chi connectivity index (χ4n) is 2.44. The van der Waals surface area contributed by atoms with Gasteiger partial charge in [-0.2, -0.15) is 0 Å². The zero-order valence-electron chi connectivity index (χ0n) is 11.0. The van der Waals surface area contributed by atoms with Gasteiger partial charge in [-0.1, -0.05) is 46.5 Å². The van der Waals surface area contributed by atoms with Crippen LogP contribution in [0.4, 0.5) is 0 Å². The lowest BCUT2D eigenvalue weighted by Gasteiger charge is -2.28. The smallest absolute Gasteiger partial charge is 0.129 e. The molecule has 1 nitrogen and oxygen atoms in total. The van der Waals surface area contributed by atoms with Crippen molar-refractivity contribution in [3.05, 3.63) is 0 Å². The van der Waals surface area contributed by atoms with Gasteiger partial charge in [0.1, 0.15) is 5.78 Å². The number of rotatable bonds is 4. The molecule has 0 aromatic rings. The molecule has 1 rings (SSSR count). The van der Waals surface area contributed by atoms with Crippen molar-refractivity contribution in [3.8, 4) is 0 Å². The van der Waals surface area contributed by atoms with Crippen molar-refractivity contribution in [1.82, 2.24) is 0 Å². The Morgan fingerprint density at radius 1 is 1.20 bits per heavy atom. The molecule has 1 heteroatoms. The summed E-state index contributed by atoms with van der Waals surface area (Å²) in [5, 5.41) is 0. The third-order valence-electron chi connectivity index (χ3n) is 3.39. The molecule has 0 N–H and O–H groups in total. The molecular formula is C14H28O. The van der Waals surface area contributed by atoms with Gasteiger partial charge in [0, 0.05) is 6.42 Å². The van der Waals surface area contributed by atoms with Crippen LogP contribution in [-0.4, -0.2) is 5.78 Å². The van der Waals surface area contributed by atoms with Crippen molar-refractivity contribution in [2.24, 2.45) is 11.8 Å². The molecule has 2 unspecified atom stereocenters. The van der Waals surface area contributed by atoms with Crippen LogP contribution in [0.2, 0.25) is 0 Å². The van der Waals surface area contributed by atoms with Gasteiger partial charge in [0.25, 0.3) is 0 Å². The summed E-state index contributed by atoms with van der Waals surface area (Å²) in [4.78, 5) is 10.8. The summed E-state index contributed by atoms with van der Waals surface area (Å²) in [6.45, 7) is 8.07. The molecule has 1 aliphatic carbocycles. The van der Waals surface area contributed by atoms with E-state index in [0.29, 0.717) is 5.78 Å². The minimum absolute atomic E-state index is 0.350. The molecule has 1 saturated carbocycles.